The van der Waals surface area contributed by atoms with Gasteiger partial charge in [-0.1, -0.05) is 28.9 Å². The van der Waals surface area contributed by atoms with Gasteiger partial charge in [-0.3, -0.25) is 0 Å². The summed E-state index contributed by atoms with van der Waals surface area (Å²) in [6.07, 6.45) is 2.06. The molecular formula is C13H17BrFNO3S. The molecule has 0 fully saturated rings. The van der Waals surface area contributed by atoms with Crippen LogP contribution in [0.4, 0.5) is 4.39 Å². The maximum absolute atomic E-state index is 14.2. The van der Waals surface area contributed by atoms with E-state index in [-0.39, 0.29) is 18.7 Å². The minimum atomic E-state index is -3.97. The molecule has 1 N–H and O–H groups in total. The molecule has 0 heterocycles. The number of nitrogens with zero attached hydrogens (tertiary/aromatic N) is 1. The molecule has 112 valence electrons. The first-order chi connectivity index (χ1) is 9.38. The third-order valence-electron chi connectivity index (χ3n) is 2.67. The van der Waals surface area contributed by atoms with Crippen LogP contribution < -0.4 is 0 Å². The van der Waals surface area contributed by atoms with Crippen LogP contribution in [0.5, 0.6) is 0 Å². The molecule has 4 nitrogen and oxygen atoms in total. The zero-order chi connectivity index (χ0) is 15.3. The van der Waals surface area contributed by atoms with Crippen molar-refractivity contribution in [1.82, 2.24) is 4.31 Å². The summed E-state index contributed by atoms with van der Waals surface area (Å²) < 4.78 is 40.7. The summed E-state index contributed by atoms with van der Waals surface area (Å²) in [7, 11) is -3.97. The van der Waals surface area contributed by atoms with Crippen LogP contribution in [0.25, 0.3) is 0 Å². The lowest BCUT2D eigenvalue weighted by molar-refractivity contribution is 0.274. The molecule has 1 rings (SSSR count). The van der Waals surface area contributed by atoms with Crippen molar-refractivity contribution in [3.8, 4) is 0 Å². The molecule has 0 bridgehead atoms. The van der Waals surface area contributed by atoms with Crippen molar-refractivity contribution < 1.29 is 17.9 Å². The Kier molecular flexibility index (Phi) is 6.32. The van der Waals surface area contributed by atoms with Crippen LogP contribution in [-0.2, 0) is 16.6 Å². The Morgan fingerprint density at radius 1 is 1.50 bits per heavy atom. The number of benzene rings is 1. The summed E-state index contributed by atoms with van der Waals surface area (Å²) in [4.78, 5) is -0.439. The summed E-state index contributed by atoms with van der Waals surface area (Å²) in [5, 5.41) is 9.09. The molecule has 0 aliphatic carbocycles. The van der Waals surface area contributed by atoms with E-state index < -0.39 is 27.3 Å². The highest BCUT2D eigenvalue weighted by atomic mass is 79.9. The SMILES string of the molecule is C=CCN(CCC)S(=O)(=O)c1cc(Br)cc(CO)c1F. The molecule has 0 spiro atoms. The van der Waals surface area contributed by atoms with Crippen LogP contribution in [0.3, 0.4) is 0 Å². The molecule has 20 heavy (non-hydrogen) atoms. The van der Waals surface area contributed by atoms with E-state index in [0.717, 1.165) is 4.31 Å². The van der Waals surface area contributed by atoms with Crippen LogP contribution in [0.2, 0.25) is 0 Å². The van der Waals surface area contributed by atoms with E-state index in [1.807, 2.05) is 6.92 Å². The molecular weight excluding hydrogens is 349 g/mol. The second kappa shape index (κ2) is 7.31. The lowest BCUT2D eigenvalue weighted by Crippen LogP contribution is -2.32. The largest absolute Gasteiger partial charge is 0.392 e. The van der Waals surface area contributed by atoms with Crippen LogP contribution in [0.1, 0.15) is 18.9 Å². The Hall–Kier alpha value is -0.760. The van der Waals surface area contributed by atoms with Crippen molar-refractivity contribution >= 4 is 26.0 Å². The Morgan fingerprint density at radius 2 is 2.15 bits per heavy atom. The Balaban J connectivity index is 3.40. The van der Waals surface area contributed by atoms with Gasteiger partial charge in [0, 0.05) is 23.1 Å². The third-order valence-corrected chi connectivity index (χ3v) is 5.00. The molecule has 0 unspecified atom stereocenters. The summed E-state index contributed by atoms with van der Waals surface area (Å²) in [5.74, 6) is -0.916. The van der Waals surface area contributed by atoms with Crippen molar-refractivity contribution in [2.24, 2.45) is 0 Å². The zero-order valence-corrected chi connectivity index (χ0v) is 13.5. The molecule has 0 aromatic heterocycles. The average molecular weight is 366 g/mol. The van der Waals surface area contributed by atoms with Crippen molar-refractivity contribution in [1.29, 1.82) is 0 Å². The first-order valence-corrected chi connectivity index (χ1v) is 8.31. The standard InChI is InChI=1S/C13H17BrFNO3S/c1-3-5-16(6-4-2)20(18,19)12-8-11(14)7-10(9-17)13(12)15/h3,7-8,17H,1,4-6,9H2,2H3. The summed E-state index contributed by atoms with van der Waals surface area (Å²) in [6.45, 7) is 5.16. The molecule has 0 saturated heterocycles. The smallest absolute Gasteiger partial charge is 0.246 e. The van der Waals surface area contributed by atoms with Gasteiger partial charge in [0.25, 0.3) is 0 Å². The van der Waals surface area contributed by atoms with Gasteiger partial charge < -0.3 is 5.11 Å². The molecule has 1 aromatic carbocycles. The highest BCUT2D eigenvalue weighted by molar-refractivity contribution is 9.10. The first kappa shape index (κ1) is 17.3. The van der Waals surface area contributed by atoms with Crippen molar-refractivity contribution in [2.75, 3.05) is 13.1 Å². The minimum Gasteiger partial charge on any atom is -0.392 e. The molecule has 0 aliphatic rings. The normalized spacial score (nSPS) is 11.8. The second-order valence-corrected chi connectivity index (χ2v) is 7.01. The van der Waals surface area contributed by atoms with Crippen LogP contribution in [0, 0.1) is 5.82 Å². The van der Waals surface area contributed by atoms with Gasteiger partial charge in [-0.25, -0.2) is 12.8 Å². The van der Waals surface area contributed by atoms with Crippen LogP contribution >= 0.6 is 15.9 Å². The van der Waals surface area contributed by atoms with E-state index in [1.165, 1.54) is 18.2 Å². The molecule has 0 atom stereocenters. The van der Waals surface area contributed by atoms with Gasteiger partial charge in [0.15, 0.2) is 0 Å². The zero-order valence-electron chi connectivity index (χ0n) is 11.1. The summed E-state index contributed by atoms with van der Waals surface area (Å²) in [6, 6.07) is 2.56. The Bertz CT molecular complexity index is 590. The Labute approximate surface area is 127 Å². The molecule has 0 saturated carbocycles. The predicted molar refractivity (Wildman–Crippen MR) is 79.3 cm³/mol. The molecule has 7 heteroatoms. The van der Waals surface area contributed by atoms with Gasteiger partial charge in [0.1, 0.15) is 10.7 Å². The van der Waals surface area contributed by atoms with Gasteiger partial charge in [0.2, 0.25) is 10.0 Å². The maximum Gasteiger partial charge on any atom is 0.246 e. The van der Waals surface area contributed by atoms with Gasteiger partial charge >= 0.3 is 0 Å². The number of rotatable bonds is 7. The highest BCUT2D eigenvalue weighted by Crippen LogP contribution is 2.26. The van der Waals surface area contributed by atoms with Crippen LogP contribution in [-0.4, -0.2) is 30.9 Å². The van der Waals surface area contributed by atoms with Crippen molar-refractivity contribution in [2.45, 2.75) is 24.8 Å². The van der Waals surface area contributed by atoms with E-state index in [4.69, 9.17) is 5.11 Å². The number of aliphatic hydroxyl groups excluding tert-OH is 1. The van der Waals surface area contributed by atoms with Crippen molar-refractivity contribution in [3.05, 3.63) is 40.6 Å². The van der Waals surface area contributed by atoms with Crippen LogP contribution in [0.15, 0.2) is 34.2 Å². The third kappa shape index (κ3) is 3.66. The van der Waals surface area contributed by atoms with Gasteiger partial charge in [-0.05, 0) is 18.6 Å². The lowest BCUT2D eigenvalue weighted by atomic mass is 10.2. The number of hydrogen-bond donors (Lipinski definition) is 1. The first-order valence-electron chi connectivity index (χ1n) is 6.08. The lowest BCUT2D eigenvalue weighted by Gasteiger charge is -2.21. The number of halogens is 2. The molecule has 0 amide bonds. The van der Waals surface area contributed by atoms with E-state index in [0.29, 0.717) is 10.9 Å². The number of aliphatic hydroxyl groups is 1. The van der Waals surface area contributed by atoms with Gasteiger partial charge in [-0.15, -0.1) is 6.58 Å². The van der Waals surface area contributed by atoms with Crippen molar-refractivity contribution in [3.63, 3.8) is 0 Å². The molecule has 0 aliphatic heterocycles. The molecule has 1 aromatic rings. The highest BCUT2D eigenvalue weighted by Gasteiger charge is 2.27. The Morgan fingerprint density at radius 3 is 2.65 bits per heavy atom. The predicted octanol–water partition coefficient (Wildman–Crippen LogP) is 2.67. The minimum absolute atomic E-state index is 0.0620. The number of sulfonamides is 1. The number of hydrogen-bond acceptors (Lipinski definition) is 3. The quantitative estimate of drug-likeness (QED) is 0.755. The fourth-order valence-electron chi connectivity index (χ4n) is 1.76. The topological polar surface area (TPSA) is 57.6 Å². The van der Waals surface area contributed by atoms with Gasteiger partial charge in [0.05, 0.1) is 6.61 Å². The second-order valence-electron chi connectivity index (χ2n) is 4.19. The summed E-state index contributed by atoms with van der Waals surface area (Å²) >= 11 is 3.13. The van der Waals surface area contributed by atoms with E-state index in [9.17, 15) is 12.8 Å². The average Bonchev–Trinajstić information content (AvgIpc) is 2.40. The van der Waals surface area contributed by atoms with Gasteiger partial charge in [-0.2, -0.15) is 4.31 Å². The fourth-order valence-corrected chi connectivity index (χ4v) is 4.06. The van der Waals surface area contributed by atoms with E-state index >= 15 is 0 Å². The van der Waals surface area contributed by atoms with E-state index in [2.05, 4.69) is 22.5 Å². The maximum atomic E-state index is 14.2. The monoisotopic (exact) mass is 365 g/mol. The summed E-state index contributed by atoms with van der Waals surface area (Å²) in [5.41, 5.74) is -0.0620. The van der Waals surface area contributed by atoms with E-state index in [1.54, 1.807) is 0 Å². The fraction of sp³-hybridized carbons (Fsp3) is 0.385. The molecule has 0 radical (unpaired) electrons.